The zero-order valence-corrected chi connectivity index (χ0v) is 12.7. The Kier molecular flexibility index (Phi) is 4.62. The summed E-state index contributed by atoms with van der Waals surface area (Å²) in [5.74, 6) is -1.72. The maximum Gasteiger partial charge on any atom is 0.135 e. The van der Waals surface area contributed by atoms with Gasteiger partial charge in [0.15, 0.2) is 0 Å². The molecule has 2 aromatic carbocycles. The molecule has 1 N–H and O–H groups in total. The fourth-order valence-corrected chi connectivity index (χ4v) is 2.73. The van der Waals surface area contributed by atoms with Crippen LogP contribution in [0.25, 0.3) is 0 Å². The van der Waals surface area contributed by atoms with E-state index in [0.717, 1.165) is 12.1 Å². The van der Waals surface area contributed by atoms with Gasteiger partial charge in [-0.15, -0.1) is 0 Å². The molecule has 0 radical (unpaired) electrons. The van der Waals surface area contributed by atoms with Gasteiger partial charge in [-0.05, 0) is 23.8 Å². The van der Waals surface area contributed by atoms with Crippen LogP contribution in [-0.2, 0) is 0 Å². The van der Waals surface area contributed by atoms with Crippen LogP contribution in [0.3, 0.4) is 0 Å². The topological polar surface area (TPSA) is 29.5 Å². The minimum Gasteiger partial charge on any atom is -0.497 e. The maximum absolute atomic E-state index is 13.9. The molecule has 0 spiro atoms. The molecule has 0 aliphatic rings. The molecule has 0 fully saturated rings. The third kappa shape index (κ3) is 3.11. The summed E-state index contributed by atoms with van der Waals surface area (Å²) < 4.78 is 33.2. The molecule has 20 heavy (non-hydrogen) atoms. The number of rotatable bonds is 3. The monoisotopic (exact) mass is 362 g/mol. The quantitative estimate of drug-likeness (QED) is 0.872. The lowest BCUT2D eigenvalue weighted by molar-refractivity contribution is 0.208. The van der Waals surface area contributed by atoms with Gasteiger partial charge in [0.25, 0.3) is 0 Å². The molecule has 106 valence electrons. The minimum absolute atomic E-state index is 0.0447. The molecule has 2 aromatic rings. The lowest BCUT2D eigenvalue weighted by Gasteiger charge is -2.15. The normalized spacial score (nSPS) is 12.3. The molecular formula is C14H10BrClF2O2. The van der Waals surface area contributed by atoms with Crippen molar-refractivity contribution >= 4 is 27.5 Å². The predicted octanol–water partition coefficient (Wildman–Crippen LogP) is 4.47. The molecule has 1 unspecified atom stereocenters. The second kappa shape index (κ2) is 6.08. The first-order valence-corrected chi connectivity index (χ1v) is 6.76. The van der Waals surface area contributed by atoms with Crippen LogP contribution in [0, 0.1) is 11.6 Å². The highest BCUT2D eigenvalue weighted by molar-refractivity contribution is 9.10. The van der Waals surface area contributed by atoms with Gasteiger partial charge in [0.2, 0.25) is 0 Å². The highest BCUT2D eigenvalue weighted by atomic mass is 79.9. The van der Waals surface area contributed by atoms with E-state index in [-0.39, 0.29) is 11.3 Å². The Balaban J connectivity index is 2.50. The van der Waals surface area contributed by atoms with E-state index in [9.17, 15) is 13.9 Å². The van der Waals surface area contributed by atoms with Crippen molar-refractivity contribution in [2.75, 3.05) is 7.11 Å². The van der Waals surface area contributed by atoms with Crippen LogP contribution in [0.15, 0.2) is 34.8 Å². The molecule has 2 rings (SSSR count). The third-order valence-electron chi connectivity index (χ3n) is 2.76. The zero-order valence-electron chi connectivity index (χ0n) is 10.3. The molecule has 0 aliphatic heterocycles. The van der Waals surface area contributed by atoms with E-state index < -0.39 is 23.3 Å². The first kappa shape index (κ1) is 15.2. The summed E-state index contributed by atoms with van der Waals surface area (Å²) in [6.07, 6.45) is -1.46. The Labute approximate surface area is 128 Å². The third-order valence-corrected chi connectivity index (χ3v) is 3.44. The van der Waals surface area contributed by atoms with Gasteiger partial charge in [-0.3, -0.25) is 0 Å². The van der Waals surface area contributed by atoms with E-state index in [2.05, 4.69) is 15.9 Å². The van der Waals surface area contributed by atoms with Crippen LogP contribution in [0.5, 0.6) is 5.75 Å². The molecule has 0 bridgehead atoms. The van der Waals surface area contributed by atoms with Crippen LogP contribution in [0.4, 0.5) is 8.78 Å². The smallest absolute Gasteiger partial charge is 0.135 e. The summed E-state index contributed by atoms with van der Waals surface area (Å²) in [6, 6.07) is 6.63. The minimum atomic E-state index is -1.46. The van der Waals surface area contributed by atoms with Crippen LogP contribution in [-0.4, -0.2) is 12.2 Å². The molecule has 1 atom stereocenters. The van der Waals surface area contributed by atoms with Crippen molar-refractivity contribution in [1.29, 1.82) is 0 Å². The van der Waals surface area contributed by atoms with Gasteiger partial charge < -0.3 is 9.84 Å². The molecule has 6 heteroatoms. The van der Waals surface area contributed by atoms with Gasteiger partial charge in [-0.25, -0.2) is 8.78 Å². The molecular weight excluding hydrogens is 354 g/mol. The Morgan fingerprint density at radius 3 is 2.25 bits per heavy atom. The number of ether oxygens (including phenoxy) is 1. The highest BCUT2D eigenvalue weighted by Gasteiger charge is 2.21. The SMILES string of the molecule is COc1cc(F)c(C(O)c2cc(Cl)cc(Br)c2)c(F)c1. The fraction of sp³-hybridized carbons (Fsp3) is 0.143. The lowest BCUT2D eigenvalue weighted by atomic mass is 10.0. The first-order chi connectivity index (χ1) is 9.42. The zero-order chi connectivity index (χ0) is 14.9. The Morgan fingerprint density at radius 2 is 1.75 bits per heavy atom. The van der Waals surface area contributed by atoms with Gasteiger partial charge in [0, 0.05) is 21.6 Å². The van der Waals surface area contributed by atoms with Crippen molar-refractivity contribution in [3.05, 3.63) is 62.6 Å². The van der Waals surface area contributed by atoms with Crippen molar-refractivity contribution in [1.82, 2.24) is 0 Å². The number of methoxy groups -OCH3 is 1. The number of aliphatic hydroxyl groups excluding tert-OH is 1. The highest BCUT2D eigenvalue weighted by Crippen LogP contribution is 2.32. The summed E-state index contributed by atoms with van der Waals surface area (Å²) in [4.78, 5) is 0. The first-order valence-electron chi connectivity index (χ1n) is 5.59. The molecule has 0 aromatic heterocycles. The van der Waals surface area contributed by atoms with E-state index in [1.165, 1.54) is 13.2 Å². The summed E-state index contributed by atoms with van der Waals surface area (Å²) >= 11 is 9.07. The van der Waals surface area contributed by atoms with Gasteiger partial charge >= 0.3 is 0 Å². The summed E-state index contributed by atoms with van der Waals surface area (Å²) in [7, 11) is 1.30. The summed E-state index contributed by atoms with van der Waals surface area (Å²) in [5, 5.41) is 10.5. The van der Waals surface area contributed by atoms with E-state index in [1.54, 1.807) is 12.1 Å². The summed E-state index contributed by atoms with van der Waals surface area (Å²) in [6.45, 7) is 0. The standard InChI is InChI=1S/C14H10BrClF2O2/c1-20-10-5-11(17)13(12(18)6-10)14(19)7-2-8(15)4-9(16)3-7/h2-6,14,19H,1H3. The van der Waals surface area contributed by atoms with Crippen molar-refractivity contribution in [2.24, 2.45) is 0 Å². The van der Waals surface area contributed by atoms with E-state index >= 15 is 0 Å². The molecule has 0 saturated carbocycles. The number of hydrogen-bond donors (Lipinski definition) is 1. The van der Waals surface area contributed by atoms with Crippen LogP contribution in [0.2, 0.25) is 5.02 Å². The Morgan fingerprint density at radius 1 is 1.15 bits per heavy atom. The number of benzene rings is 2. The average Bonchev–Trinajstić information content (AvgIpc) is 2.36. The molecule has 0 heterocycles. The van der Waals surface area contributed by atoms with Gasteiger partial charge in [0.05, 0.1) is 12.7 Å². The second-order valence-corrected chi connectivity index (χ2v) is 5.46. The van der Waals surface area contributed by atoms with Gasteiger partial charge in [-0.1, -0.05) is 27.5 Å². The van der Waals surface area contributed by atoms with Crippen molar-refractivity contribution < 1.29 is 18.6 Å². The maximum atomic E-state index is 13.9. The van der Waals surface area contributed by atoms with Crippen molar-refractivity contribution in [2.45, 2.75) is 6.10 Å². The molecule has 2 nitrogen and oxygen atoms in total. The van der Waals surface area contributed by atoms with Crippen LogP contribution in [0.1, 0.15) is 17.2 Å². The average molecular weight is 364 g/mol. The largest absolute Gasteiger partial charge is 0.497 e. The second-order valence-electron chi connectivity index (χ2n) is 4.11. The van der Waals surface area contributed by atoms with Crippen molar-refractivity contribution in [3.8, 4) is 5.75 Å². The predicted molar refractivity (Wildman–Crippen MR) is 76.1 cm³/mol. The number of hydrogen-bond acceptors (Lipinski definition) is 2. The molecule has 0 amide bonds. The number of aliphatic hydroxyl groups is 1. The molecule has 0 saturated heterocycles. The van der Waals surface area contributed by atoms with E-state index in [1.807, 2.05) is 0 Å². The summed E-state index contributed by atoms with van der Waals surface area (Å²) in [5.41, 5.74) is -0.160. The van der Waals surface area contributed by atoms with Gasteiger partial charge in [-0.2, -0.15) is 0 Å². The Hall–Kier alpha value is -1.17. The van der Waals surface area contributed by atoms with E-state index in [0.29, 0.717) is 9.50 Å². The van der Waals surface area contributed by atoms with E-state index in [4.69, 9.17) is 16.3 Å². The van der Waals surface area contributed by atoms with Crippen molar-refractivity contribution in [3.63, 3.8) is 0 Å². The van der Waals surface area contributed by atoms with Crippen LogP contribution < -0.4 is 4.74 Å². The Bertz CT molecular complexity index is 606. The lowest BCUT2D eigenvalue weighted by Crippen LogP contribution is -2.06. The fourth-order valence-electron chi connectivity index (χ4n) is 1.84. The van der Waals surface area contributed by atoms with Gasteiger partial charge in [0.1, 0.15) is 23.5 Å². The number of halogens is 4. The molecule has 0 aliphatic carbocycles. The van der Waals surface area contributed by atoms with Crippen LogP contribution >= 0.6 is 27.5 Å².